The summed E-state index contributed by atoms with van der Waals surface area (Å²) in [4.78, 5) is 0. The van der Waals surface area contributed by atoms with Gasteiger partial charge in [0.2, 0.25) is 5.82 Å². The van der Waals surface area contributed by atoms with Crippen molar-refractivity contribution in [3.05, 3.63) is 39.9 Å². The molecule has 1 aromatic carbocycles. The maximum atomic E-state index is 13.0. The van der Waals surface area contributed by atoms with Crippen LogP contribution in [0.1, 0.15) is 23.6 Å². The van der Waals surface area contributed by atoms with Crippen LogP contribution in [0.4, 0.5) is 13.2 Å². The maximum absolute atomic E-state index is 13.0. The first-order valence-corrected chi connectivity index (χ1v) is 6.56. The molecule has 0 aliphatic carbocycles. The van der Waals surface area contributed by atoms with Gasteiger partial charge in [-0.3, -0.25) is 4.57 Å². The van der Waals surface area contributed by atoms with Crippen LogP contribution in [0.2, 0.25) is 0 Å². The molecule has 1 aliphatic heterocycles. The lowest BCUT2D eigenvalue weighted by atomic mass is 10.1. The van der Waals surface area contributed by atoms with Crippen LogP contribution in [0, 0.1) is 0 Å². The maximum Gasteiger partial charge on any atom is 0.452 e. The number of aromatic nitrogens is 3. The predicted molar refractivity (Wildman–Crippen MR) is 66.1 cm³/mol. The molecule has 1 aliphatic rings. The SMILES string of the molecule is FC(F)(F)c1nnc2n1-c1ccc(Br)cc1CCC2. The summed E-state index contributed by atoms with van der Waals surface area (Å²) in [6, 6.07) is 5.26. The number of rotatable bonds is 0. The average Bonchev–Trinajstić information content (AvgIpc) is 2.66. The van der Waals surface area contributed by atoms with Crippen LogP contribution in [0.3, 0.4) is 0 Å². The third-order valence-electron chi connectivity index (χ3n) is 3.11. The molecule has 3 nitrogen and oxygen atoms in total. The molecule has 7 heteroatoms. The molecule has 2 heterocycles. The summed E-state index contributed by atoms with van der Waals surface area (Å²) < 4.78 is 40.9. The van der Waals surface area contributed by atoms with Gasteiger partial charge in [-0.05, 0) is 36.6 Å². The molecular formula is C12H9BrF3N3. The summed E-state index contributed by atoms with van der Waals surface area (Å²) in [7, 11) is 0. The molecule has 0 unspecified atom stereocenters. The van der Waals surface area contributed by atoms with Crippen LogP contribution in [0.25, 0.3) is 5.69 Å². The van der Waals surface area contributed by atoms with Crippen molar-refractivity contribution in [1.82, 2.24) is 14.8 Å². The van der Waals surface area contributed by atoms with E-state index in [4.69, 9.17) is 0 Å². The van der Waals surface area contributed by atoms with Crippen molar-refractivity contribution in [3.8, 4) is 5.69 Å². The molecule has 0 bridgehead atoms. The smallest absolute Gasteiger partial charge is 0.275 e. The lowest BCUT2D eigenvalue weighted by molar-refractivity contribution is -0.146. The molecule has 1 aromatic heterocycles. The first-order chi connectivity index (χ1) is 8.97. The fourth-order valence-corrected chi connectivity index (χ4v) is 2.73. The Morgan fingerprint density at radius 2 is 1.95 bits per heavy atom. The predicted octanol–water partition coefficient (Wildman–Crippen LogP) is 3.54. The minimum atomic E-state index is -4.50. The Balaban J connectivity index is 2.27. The fraction of sp³-hybridized carbons (Fsp3) is 0.333. The Hall–Kier alpha value is -1.37. The topological polar surface area (TPSA) is 30.7 Å². The highest BCUT2D eigenvalue weighted by atomic mass is 79.9. The van der Waals surface area contributed by atoms with E-state index in [1.165, 1.54) is 0 Å². The Morgan fingerprint density at radius 3 is 2.68 bits per heavy atom. The van der Waals surface area contributed by atoms with Crippen LogP contribution >= 0.6 is 15.9 Å². The number of alkyl halides is 3. The van der Waals surface area contributed by atoms with Crippen LogP contribution < -0.4 is 0 Å². The highest BCUT2D eigenvalue weighted by Crippen LogP contribution is 2.34. The third kappa shape index (κ3) is 2.16. The summed E-state index contributed by atoms with van der Waals surface area (Å²) in [5.74, 6) is -0.582. The zero-order chi connectivity index (χ0) is 13.6. The largest absolute Gasteiger partial charge is 0.452 e. The fourth-order valence-electron chi connectivity index (χ4n) is 2.32. The van der Waals surface area contributed by atoms with E-state index in [0.29, 0.717) is 17.9 Å². The number of aryl methyl sites for hydroxylation is 2. The van der Waals surface area contributed by atoms with Crippen LogP contribution in [-0.4, -0.2) is 14.8 Å². The molecule has 0 saturated carbocycles. The van der Waals surface area contributed by atoms with Gasteiger partial charge in [0.15, 0.2) is 0 Å². The van der Waals surface area contributed by atoms with Crippen molar-refractivity contribution in [2.24, 2.45) is 0 Å². The number of hydrogen-bond acceptors (Lipinski definition) is 2. The van der Waals surface area contributed by atoms with Crippen molar-refractivity contribution >= 4 is 15.9 Å². The lowest BCUT2D eigenvalue weighted by Crippen LogP contribution is -2.15. The van der Waals surface area contributed by atoms with E-state index in [2.05, 4.69) is 26.1 Å². The zero-order valence-corrected chi connectivity index (χ0v) is 11.3. The summed E-state index contributed by atoms with van der Waals surface area (Å²) in [6.07, 6.45) is -2.51. The van der Waals surface area contributed by atoms with Gasteiger partial charge in [0, 0.05) is 10.9 Å². The Morgan fingerprint density at radius 1 is 1.16 bits per heavy atom. The van der Waals surface area contributed by atoms with Crippen molar-refractivity contribution in [1.29, 1.82) is 0 Å². The highest BCUT2D eigenvalue weighted by molar-refractivity contribution is 9.10. The first-order valence-electron chi connectivity index (χ1n) is 5.77. The molecule has 0 N–H and O–H groups in total. The molecule has 2 aromatic rings. The van der Waals surface area contributed by atoms with Gasteiger partial charge >= 0.3 is 6.18 Å². The molecule has 0 radical (unpaired) electrons. The Labute approximate surface area is 115 Å². The Kier molecular flexibility index (Phi) is 2.88. The molecule has 100 valence electrons. The average molecular weight is 332 g/mol. The number of nitrogens with zero attached hydrogens (tertiary/aromatic N) is 3. The lowest BCUT2D eigenvalue weighted by Gasteiger charge is -2.13. The van der Waals surface area contributed by atoms with E-state index in [9.17, 15) is 13.2 Å². The molecule has 0 atom stereocenters. The standard InChI is InChI=1S/C12H9BrF3N3/c13-8-4-5-9-7(6-8)2-1-3-10-17-18-11(19(9)10)12(14,15)16/h4-6H,1-3H2. The van der Waals surface area contributed by atoms with E-state index in [1.807, 2.05) is 6.07 Å². The van der Waals surface area contributed by atoms with Crippen molar-refractivity contribution in [3.63, 3.8) is 0 Å². The van der Waals surface area contributed by atoms with E-state index in [0.717, 1.165) is 27.4 Å². The molecule has 0 saturated heterocycles. The third-order valence-corrected chi connectivity index (χ3v) is 3.61. The van der Waals surface area contributed by atoms with Gasteiger partial charge in [0.1, 0.15) is 5.82 Å². The Bertz CT molecular complexity index is 634. The van der Waals surface area contributed by atoms with Gasteiger partial charge in [-0.1, -0.05) is 15.9 Å². The molecule has 19 heavy (non-hydrogen) atoms. The number of benzene rings is 1. The van der Waals surface area contributed by atoms with E-state index >= 15 is 0 Å². The zero-order valence-electron chi connectivity index (χ0n) is 9.71. The van der Waals surface area contributed by atoms with Gasteiger partial charge < -0.3 is 0 Å². The molecule has 0 amide bonds. The second kappa shape index (κ2) is 4.33. The van der Waals surface area contributed by atoms with Gasteiger partial charge in [0.25, 0.3) is 0 Å². The number of fused-ring (bicyclic) bond motifs is 3. The van der Waals surface area contributed by atoms with Crippen molar-refractivity contribution < 1.29 is 13.2 Å². The minimum absolute atomic E-state index is 0.369. The van der Waals surface area contributed by atoms with E-state index in [-0.39, 0.29) is 0 Å². The first kappa shape index (κ1) is 12.7. The molecule has 0 fully saturated rings. The normalized spacial score (nSPS) is 14.7. The molecule has 0 spiro atoms. The monoisotopic (exact) mass is 331 g/mol. The van der Waals surface area contributed by atoms with Gasteiger partial charge in [-0.25, -0.2) is 0 Å². The molecule has 3 rings (SSSR count). The van der Waals surface area contributed by atoms with Gasteiger partial charge in [-0.15, -0.1) is 10.2 Å². The van der Waals surface area contributed by atoms with E-state index in [1.54, 1.807) is 12.1 Å². The van der Waals surface area contributed by atoms with Crippen LogP contribution in [0.5, 0.6) is 0 Å². The summed E-state index contributed by atoms with van der Waals surface area (Å²) in [5.41, 5.74) is 1.39. The summed E-state index contributed by atoms with van der Waals surface area (Å²) >= 11 is 3.34. The quantitative estimate of drug-likeness (QED) is 0.739. The second-order valence-corrected chi connectivity index (χ2v) is 5.32. The molecular weight excluding hydrogens is 323 g/mol. The summed E-state index contributed by atoms with van der Waals surface area (Å²) in [5, 5.41) is 6.99. The summed E-state index contributed by atoms with van der Waals surface area (Å²) in [6.45, 7) is 0. The van der Waals surface area contributed by atoms with Crippen LogP contribution in [0.15, 0.2) is 22.7 Å². The number of hydrogen-bond donors (Lipinski definition) is 0. The van der Waals surface area contributed by atoms with Gasteiger partial charge in [0.05, 0.1) is 5.69 Å². The van der Waals surface area contributed by atoms with E-state index < -0.39 is 12.0 Å². The van der Waals surface area contributed by atoms with Gasteiger partial charge in [-0.2, -0.15) is 13.2 Å². The van der Waals surface area contributed by atoms with Crippen LogP contribution in [-0.2, 0) is 19.0 Å². The van der Waals surface area contributed by atoms with Crippen molar-refractivity contribution in [2.45, 2.75) is 25.4 Å². The minimum Gasteiger partial charge on any atom is -0.275 e. The highest BCUT2D eigenvalue weighted by Gasteiger charge is 2.39. The number of halogens is 4. The second-order valence-electron chi connectivity index (χ2n) is 4.40. The van der Waals surface area contributed by atoms with Crippen molar-refractivity contribution in [2.75, 3.05) is 0 Å².